The summed E-state index contributed by atoms with van der Waals surface area (Å²) in [7, 11) is 0. The van der Waals surface area contributed by atoms with Crippen molar-refractivity contribution in [1.82, 2.24) is 0 Å². The molecule has 0 aromatic heterocycles. The minimum absolute atomic E-state index is 0.0827. The third-order valence-corrected chi connectivity index (χ3v) is 4.75. The van der Waals surface area contributed by atoms with E-state index < -0.39 is 0 Å². The summed E-state index contributed by atoms with van der Waals surface area (Å²) in [5.74, 6) is 0.767. The first-order valence-corrected chi connectivity index (χ1v) is 6.92. The van der Waals surface area contributed by atoms with Crippen LogP contribution in [-0.2, 0) is 6.54 Å². The Morgan fingerprint density at radius 1 is 1.22 bits per heavy atom. The molecule has 3 nitrogen and oxygen atoms in total. The summed E-state index contributed by atoms with van der Waals surface area (Å²) in [5, 5.41) is 2.40. The summed E-state index contributed by atoms with van der Waals surface area (Å²) in [5.41, 5.74) is 11.7. The van der Waals surface area contributed by atoms with E-state index in [2.05, 4.69) is 34.4 Å². The molecule has 3 heteroatoms. The van der Waals surface area contributed by atoms with Gasteiger partial charge < -0.3 is 10.8 Å². The van der Waals surface area contributed by atoms with Gasteiger partial charge in [-0.05, 0) is 18.8 Å². The van der Waals surface area contributed by atoms with Crippen LogP contribution in [0.15, 0.2) is 30.3 Å². The van der Waals surface area contributed by atoms with Crippen molar-refractivity contribution in [2.75, 3.05) is 0 Å². The zero-order valence-electron chi connectivity index (χ0n) is 10.7. The Morgan fingerprint density at radius 2 is 1.94 bits per heavy atom. The highest BCUT2D eigenvalue weighted by molar-refractivity contribution is 5.89. The Labute approximate surface area is 108 Å². The Balaban J connectivity index is 1.75. The third kappa shape index (κ3) is 2.00. The van der Waals surface area contributed by atoms with Gasteiger partial charge in [-0.15, -0.1) is 0 Å². The molecular weight excluding hydrogens is 222 g/mol. The van der Waals surface area contributed by atoms with Gasteiger partial charge in [0.15, 0.2) is 5.54 Å². The maximum atomic E-state index is 9.24. The van der Waals surface area contributed by atoms with Crippen molar-refractivity contribution in [3.8, 4) is 0 Å². The third-order valence-electron chi connectivity index (χ3n) is 4.75. The van der Waals surface area contributed by atoms with E-state index in [0.717, 1.165) is 24.6 Å². The van der Waals surface area contributed by atoms with E-state index in [1.54, 1.807) is 0 Å². The van der Waals surface area contributed by atoms with Crippen molar-refractivity contribution in [3.05, 3.63) is 41.4 Å². The molecule has 94 valence electrons. The van der Waals surface area contributed by atoms with Crippen LogP contribution in [0.5, 0.6) is 0 Å². The second-order valence-electron chi connectivity index (χ2n) is 5.74. The Hall–Kier alpha value is -1.44. The summed E-state index contributed by atoms with van der Waals surface area (Å²) in [6.45, 7) is 0.977. The molecule has 4 rings (SSSR count). The molecule has 2 N–H and O–H groups in total. The van der Waals surface area contributed by atoms with Crippen molar-refractivity contribution in [3.63, 3.8) is 0 Å². The molecule has 0 saturated heterocycles. The Kier molecular flexibility index (Phi) is 3.02. The summed E-state index contributed by atoms with van der Waals surface area (Å²) in [6, 6.07) is 10.5. The van der Waals surface area contributed by atoms with E-state index in [-0.39, 0.29) is 5.54 Å². The van der Waals surface area contributed by atoms with Crippen LogP contribution < -0.4 is 5.32 Å². The zero-order valence-corrected chi connectivity index (χ0v) is 10.7. The lowest BCUT2D eigenvalue weighted by molar-refractivity contribution is -0.731. The SMILES string of the molecule is [N-]=[N+]=C1CC2CCC1([NH2+]Cc1ccccc1)CC2. The lowest BCUT2D eigenvalue weighted by Gasteiger charge is -2.40. The lowest BCUT2D eigenvalue weighted by Crippen LogP contribution is -2.99. The van der Waals surface area contributed by atoms with Crippen LogP contribution in [0.25, 0.3) is 5.53 Å². The first-order valence-electron chi connectivity index (χ1n) is 6.92. The number of rotatable bonds is 3. The summed E-state index contributed by atoms with van der Waals surface area (Å²) in [6.07, 6.45) is 5.93. The minimum Gasteiger partial charge on any atom is -0.361 e. The van der Waals surface area contributed by atoms with Crippen molar-refractivity contribution < 1.29 is 10.1 Å². The van der Waals surface area contributed by atoms with Crippen LogP contribution in [0.1, 0.15) is 37.7 Å². The monoisotopic (exact) mass is 242 g/mol. The van der Waals surface area contributed by atoms with Crippen LogP contribution in [0.4, 0.5) is 0 Å². The summed E-state index contributed by atoms with van der Waals surface area (Å²) < 4.78 is 0. The van der Waals surface area contributed by atoms with Crippen LogP contribution in [0.2, 0.25) is 0 Å². The summed E-state index contributed by atoms with van der Waals surface area (Å²) >= 11 is 0. The molecule has 1 aromatic carbocycles. The van der Waals surface area contributed by atoms with Gasteiger partial charge in [0.1, 0.15) is 6.54 Å². The molecule has 0 amide bonds. The quantitative estimate of drug-likeness (QED) is 0.620. The van der Waals surface area contributed by atoms with Crippen LogP contribution in [0.3, 0.4) is 0 Å². The molecule has 3 fully saturated rings. The smallest absolute Gasteiger partial charge is 0.328 e. The molecule has 0 aliphatic heterocycles. The van der Waals surface area contributed by atoms with Gasteiger partial charge in [0.05, 0.1) is 6.42 Å². The predicted octanol–water partition coefficient (Wildman–Crippen LogP) is 1.75. The molecule has 0 heterocycles. The number of nitrogens with zero attached hydrogens (tertiary/aromatic N) is 2. The highest BCUT2D eigenvalue weighted by Gasteiger charge is 2.54. The standard InChI is InChI=1S/C15H19N3/c16-18-14-10-12-6-8-15(14,9-7-12)17-11-13-4-2-1-3-5-13/h1-5,12,17H,6-11H2/p+1. The summed E-state index contributed by atoms with van der Waals surface area (Å²) in [4.78, 5) is 3.60. The number of nitrogens with two attached hydrogens (primary N) is 1. The van der Waals surface area contributed by atoms with Crippen LogP contribution in [0, 0.1) is 5.92 Å². The van der Waals surface area contributed by atoms with E-state index in [1.807, 2.05) is 6.07 Å². The van der Waals surface area contributed by atoms with Crippen molar-refractivity contribution in [2.45, 2.75) is 44.2 Å². The maximum Gasteiger partial charge on any atom is 0.328 e. The molecule has 1 aromatic rings. The average molecular weight is 242 g/mol. The molecule has 0 radical (unpaired) electrons. The normalized spacial score (nSPS) is 30.2. The first-order chi connectivity index (χ1) is 8.82. The largest absolute Gasteiger partial charge is 0.361 e. The highest BCUT2D eigenvalue weighted by atomic mass is 15.0. The molecule has 0 spiro atoms. The molecule has 18 heavy (non-hydrogen) atoms. The molecule has 0 atom stereocenters. The van der Waals surface area contributed by atoms with E-state index >= 15 is 0 Å². The molecule has 2 bridgehead atoms. The van der Waals surface area contributed by atoms with Gasteiger partial charge in [0.2, 0.25) is 0 Å². The fraction of sp³-hybridized carbons (Fsp3) is 0.533. The molecule has 3 aliphatic carbocycles. The highest BCUT2D eigenvalue weighted by Crippen LogP contribution is 2.39. The Morgan fingerprint density at radius 3 is 2.61 bits per heavy atom. The second kappa shape index (κ2) is 4.68. The number of fused-ring (bicyclic) bond motifs is 3. The molecule has 3 saturated carbocycles. The van der Waals surface area contributed by atoms with Crippen LogP contribution >= 0.6 is 0 Å². The van der Waals surface area contributed by atoms with Crippen molar-refractivity contribution in [2.24, 2.45) is 5.92 Å². The zero-order chi connectivity index (χ0) is 12.4. The van der Waals surface area contributed by atoms with E-state index in [4.69, 9.17) is 0 Å². The average Bonchev–Trinajstić information content (AvgIpc) is 2.47. The fourth-order valence-electron chi connectivity index (χ4n) is 3.55. The first kappa shape index (κ1) is 11.6. The van der Waals surface area contributed by atoms with Crippen LogP contribution in [-0.4, -0.2) is 16.0 Å². The van der Waals surface area contributed by atoms with Gasteiger partial charge in [-0.1, -0.05) is 30.3 Å². The van der Waals surface area contributed by atoms with E-state index in [9.17, 15) is 5.53 Å². The predicted molar refractivity (Wildman–Crippen MR) is 70.0 cm³/mol. The lowest BCUT2D eigenvalue weighted by atomic mass is 9.64. The maximum absolute atomic E-state index is 9.24. The van der Waals surface area contributed by atoms with Gasteiger partial charge >= 0.3 is 5.71 Å². The van der Waals surface area contributed by atoms with Gasteiger partial charge in [0, 0.05) is 18.4 Å². The van der Waals surface area contributed by atoms with Gasteiger partial charge in [-0.25, -0.2) is 0 Å². The number of quaternary nitrogens is 1. The van der Waals surface area contributed by atoms with Crippen molar-refractivity contribution in [1.29, 1.82) is 0 Å². The minimum atomic E-state index is 0.0827. The number of benzene rings is 1. The van der Waals surface area contributed by atoms with Gasteiger partial charge in [0.25, 0.3) is 0 Å². The number of hydrogen-bond acceptors (Lipinski definition) is 0. The fourth-order valence-corrected chi connectivity index (χ4v) is 3.55. The van der Waals surface area contributed by atoms with E-state index in [1.165, 1.54) is 31.2 Å². The van der Waals surface area contributed by atoms with Gasteiger partial charge in [-0.2, -0.15) is 4.79 Å². The topological polar surface area (TPSA) is 53.0 Å². The van der Waals surface area contributed by atoms with Gasteiger partial charge in [-0.3, -0.25) is 0 Å². The molecule has 0 unspecified atom stereocenters. The Bertz CT molecular complexity index is 466. The van der Waals surface area contributed by atoms with E-state index in [0.29, 0.717) is 0 Å². The second-order valence-corrected chi connectivity index (χ2v) is 5.74. The van der Waals surface area contributed by atoms with Crippen molar-refractivity contribution >= 4 is 5.71 Å². The molecule has 3 aliphatic rings. The molecular formula is C15H20N3+. The number of hydrogen-bond donors (Lipinski definition) is 1.